The number of rotatable bonds is 3. The number of pyridine rings is 3. The minimum absolute atomic E-state index is 0.213. The lowest BCUT2D eigenvalue weighted by atomic mass is 10.1. The average molecular weight is 377 g/mol. The molecule has 0 aliphatic carbocycles. The van der Waals surface area contributed by atoms with Gasteiger partial charge < -0.3 is 14.4 Å². The topological polar surface area (TPSA) is 71.3 Å². The lowest BCUT2D eigenvalue weighted by Gasteiger charge is -2.35. The van der Waals surface area contributed by atoms with Crippen LogP contribution in [0.4, 0.5) is 5.82 Å². The minimum Gasteiger partial charge on any atom is -0.353 e. The van der Waals surface area contributed by atoms with E-state index in [1.807, 2.05) is 42.7 Å². The Morgan fingerprint density at radius 2 is 1.89 bits per heavy atom. The van der Waals surface area contributed by atoms with Crippen LogP contribution in [0.2, 0.25) is 0 Å². The highest BCUT2D eigenvalue weighted by Gasteiger charge is 2.25. The van der Waals surface area contributed by atoms with Crippen LogP contribution < -0.4 is 10.3 Å². The molecule has 1 aliphatic heterocycles. The van der Waals surface area contributed by atoms with Crippen LogP contribution in [0, 0.1) is 6.92 Å². The molecule has 4 heterocycles. The molecule has 3 aromatic heterocycles. The van der Waals surface area contributed by atoms with E-state index in [0.717, 1.165) is 11.5 Å². The highest BCUT2D eigenvalue weighted by atomic mass is 16.2. The molecule has 1 fully saturated rings. The first-order chi connectivity index (χ1) is 13.6. The fourth-order valence-corrected chi connectivity index (χ4v) is 3.60. The van der Waals surface area contributed by atoms with Crippen molar-refractivity contribution in [2.45, 2.75) is 20.4 Å². The molecule has 7 heteroatoms. The molecule has 144 valence electrons. The molecule has 0 unspecified atom stereocenters. The smallest absolute Gasteiger partial charge is 0.259 e. The van der Waals surface area contributed by atoms with Crippen LogP contribution in [-0.4, -0.2) is 51.5 Å². The van der Waals surface area contributed by atoms with Gasteiger partial charge in [0.05, 0.1) is 5.39 Å². The SMILES string of the molecule is CCn1cc(C(=O)N2CCN(c3ccccn3)CC2)c(=O)c2ccc(C)nc21. The fraction of sp³-hybridized carbons (Fsp3) is 0.333. The second-order valence-corrected chi connectivity index (χ2v) is 6.95. The Balaban J connectivity index is 1.60. The zero-order valence-corrected chi connectivity index (χ0v) is 16.1. The van der Waals surface area contributed by atoms with E-state index in [1.165, 1.54) is 0 Å². The molecular weight excluding hydrogens is 354 g/mol. The number of carbonyl (C=O) groups excluding carboxylic acids is 1. The highest BCUT2D eigenvalue weighted by molar-refractivity contribution is 5.97. The molecule has 0 atom stereocenters. The molecule has 0 saturated carbocycles. The van der Waals surface area contributed by atoms with Gasteiger partial charge in [-0.25, -0.2) is 9.97 Å². The van der Waals surface area contributed by atoms with Crippen LogP contribution in [0.25, 0.3) is 11.0 Å². The van der Waals surface area contributed by atoms with Gasteiger partial charge in [0.15, 0.2) is 0 Å². The number of carbonyl (C=O) groups is 1. The second kappa shape index (κ2) is 7.42. The van der Waals surface area contributed by atoms with E-state index in [-0.39, 0.29) is 16.9 Å². The summed E-state index contributed by atoms with van der Waals surface area (Å²) in [5.41, 5.74) is 1.44. The molecule has 1 saturated heterocycles. The van der Waals surface area contributed by atoms with E-state index < -0.39 is 0 Å². The van der Waals surface area contributed by atoms with Crippen molar-refractivity contribution in [2.24, 2.45) is 0 Å². The number of hydrogen-bond acceptors (Lipinski definition) is 5. The van der Waals surface area contributed by atoms with Crippen molar-refractivity contribution in [3.63, 3.8) is 0 Å². The van der Waals surface area contributed by atoms with Crippen molar-refractivity contribution in [2.75, 3.05) is 31.1 Å². The maximum Gasteiger partial charge on any atom is 0.259 e. The molecule has 0 radical (unpaired) electrons. The van der Waals surface area contributed by atoms with Gasteiger partial charge in [0, 0.05) is 50.8 Å². The molecular formula is C21H23N5O2. The van der Waals surface area contributed by atoms with Gasteiger partial charge in [-0.3, -0.25) is 9.59 Å². The van der Waals surface area contributed by atoms with Crippen LogP contribution in [-0.2, 0) is 6.54 Å². The molecule has 1 aliphatic rings. The lowest BCUT2D eigenvalue weighted by Crippen LogP contribution is -2.49. The first-order valence-electron chi connectivity index (χ1n) is 9.54. The van der Waals surface area contributed by atoms with E-state index in [4.69, 9.17) is 0 Å². The molecule has 0 aromatic carbocycles. The van der Waals surface area contributed by atoms with Gasteiger partial charge in [-0.2, -0.15) is 0 Å². The molecule has 0 spiro atoms. The third-order valence-electron chi connectivity index (χ3n) is 5.17. The third kappa shape index (κ3) is 3.24. The van der Waals surface area contributed by atoms with E-state index >= 15 is 0 Å². The van der Waals surface area contributed by atoms with Gasteiger partial charge in [0.2, 0.25) is 5.43 Å². The molecule has 3 aromatic rings. The normalized spacial score (nSPS) is 14.5. The van der Waals surface area contributed by atoms with Crippen LogP contribution in [0.3, 0.4) is 0 Å². The van der Waals surface area contributed by atoms with Crippen LogP contribution in [0.5, 0.6) is 0 Å². The average Bonchev–Trinajstić information content (AvgIpc) is 2.74. The monoisotopic (exact) mass is 377 g/mol. The predicted octanol–water partition coefficient (Wildman–Crippen LogP) is 2.08. The van der Waals surface area contributed by atoms with Gasteiger partial charge in [0.1, 0.15) is 17.0 Å². The zero-order chi connectivity index (χ0) is 19.7. The van der Waals surface area contributed by atoms with E-state index in [9.17, 15) is 9.59 Å². The van der Waals surface area contributed by atoms with Crippen molar-refractivity contribution in [3.8, 4) is 0 Å². The Bertz CT molecular complexity index is 1070. The Hall–Kier alpha value is -3.22. The summed E-state index contributed by atoms with van der Waals surface area (Å²) in [6.07, 6.45) is 3.43. The Labute approximate surface area is 163 Å². The maximum atomic E-state index is 13.1. The molecule has 0 N–H and O–H groups in total. The number of hydrogen-bond donors (Lipinski definition) is 0. The van der Waals surface area contributed by atoms with Crippen molar-refractivity contribution in [1.82, 2.24) is 19.4 Å². The maximum absolute atomic E-state index is 13.1. The van der Waals surface area contributed by atoms with Gasteiger partial charge in [-0.05, 0) is 38.1 Å². The summed E-state index contributed by atoms with van der Waals surface area (Å²) in [6, 6.07) is 9.39. The first kappa shape index (κ1) is 18.2. The number of piperazine rings is 1. The minimum atomic E-state index is -0.246. The van der Waals surface area contributed by atoms with Crippen molar-refractivity contribution in [3.05, 3.63) is 64.2 Å². The summed E-state index contributed by atoms with van der Waals surface area (Å²) in [6.45, 7) is 7.02. The second-order valence-electron chi connectivity index (χ2n) is 6.95. The first-order valence-corrected chi connectivity index (χ1v) is 9.54. The molecule has 7 nitrogen and oxygen atoms in total. The molecule has 1 amide bonds. The van der Waals surface area contributed by atoms with Gasteiger partial charge in [-0.1, -0.05) is 6.07 Å². The zero-order valence-electron chi connectivity index (χ0n) is 16.1. The van der Waals surface area contributed by atoms with Crippen molar-refractivity contribution < 1.29 is 4.79 Å². The van der Waals surface area contributed by atoms with Gasteiger partial charge in [-0.15, -0.1) is 0 Å². The van der Waals surface area contributed by atoms with E-state index in [0.29, 0.717) is 43.8 Å². The summed E-state index contributed by atoms with van der Waals surface area (Å²) < 4.78 is 1.88. The van der Waals surface area contributed by atoms with Crippen LogP contribution in [0.15, 0.2) is 47.5 Å². The lowest BCUT2D eigenvalue weighted by molar-refractivity contribution is 0.0744. The Kier molecular flexibility index (Phi) is 4.81. The predicted molar refractivity (Wildman–Crippen MR) is 109 cm³/mol. The number of fused-ring (bicyclic) bond motifs is 1. The van der Waals surface area contributed by atoms with Crippen LogP contribution >= 0.6 is 0 Å². The summed E-state index contributed by atoms with van der Waals surface area (Å²) in [7, 11) is 0. The summed E-state index contributed by atoms with van der Waals surface area (Å²) in [5.74, 6) is 0.699. The van der Waals surface area contributed by atoms with Crippen molar-refractivity contribution >= 4 is 22.8 Å². The number of nitrogens with zero attached hydrogens (tertiary/aromatic N) is 5. The largest absolute Gasteiger partial charge is 0.353 e. The number of aromatic nitrogens is 3. The summed E-state index contributed by atoms with van der Waals surface area (Å²) >= 11 is 0. The molecule has 4 rings (SSSR count). The molecule has 28 heavy (non-hydrogen) atoms. The third-order valence-corrected chi connectivity index (χ3v) is 5.17. The standard InChI is InChI=1S/C21H23N5O2/c1-3-24-14-17(19(27)16-8-7-15(2)23-20(16)24)21(28)26-12-10-25(11-13-26)18-6-4-5-9-22-18/h4-9,14H,3,10-13H2,1-2H3. The number of amides is 1. The summed E-state index contributed by atoms with van der Waals surface area (Å²) in [5, 5.41) is 0.491. The Morgan fingerprint density at radius 1 is 1.11 bits per heavy atom. The van der Waals surface area contributed by atoms with E-state index in [1.54, 1.807) is 23.4 Å². The van der Waals surface area contributed by atoms with Gasteiger partial charge in [0.25, 0.3) is 5.91 Å². The quantitative estimate of drug-likeness (QED) is 0.699. The fourth-order valence-electron chi connectivity index (χ4n) is 3.60. The number of aryl methyl sites for hydroxylation is 2. The van der Waals surface area contributed by atoms with Crippen LogP contribution in [0.1, 0.15) is 23.0 Å². The highest BCUT2D eigenvalue weighted by Crippen LogP contribution is 2.16. The van der Waals surface area contributed by atoms with Gasteiger partial charge >= 0.3 is 0 Å². The molecule has 0 bridgehead atoms. The number of anilines is 1. The Morgan fingerprint density at radius 3 is 2.57 bits per heavy atom. The van der Waals surface area contributed by atoms with Crippen molar-refractivity contribution in [1.29, 1.82) is 0 Å². The summed E-state index contributed by atoms with van der Waals surface area (Å²) in [4.78, 5) is 38.8. The van der Waals surface area contributed by atoms with E-state index in [2.05, 4.69) is 14.9 Å².